The first-order valence-electron chi connectivity index (χ1n) is 10.5. The van der Waals surface area contributed by atoms with Gasteiger partial charge in [-0.3, -0.25) is 4.79 Å². The van der Waals surface area contributed by atoms with E-state index >= 15 is 0 Å². The van der Waals surface area contributed by atoms with Gasteiger partial charge in [0, 0.05) is 25.1 Å². The number of rotatable bonds is 7. The van der Waals surface area contributed by atoms with Crippen LogP contribution in [0.15, 0.2) is 41.3 Å². The normalized spacial score (nSPS) is 20.9. The molecule has 4 rings (SSSR count). The van der Waals surface area contributed by atoms with Crippen molar-refractivity contribution in [2.24, 2.45) is 0 Å². The fourth-order valence-corrected chi connectivity index (χ4v) is 6.74. The molecule has 0 unspecified atom stereocenters. The molecule has 0 spiro atoms. The highest BCUT2D eigenvalue weighted by molar-refractivity contribution is 7.89. The molecule has 2 fully saturated rings. The van der Waals surface area contributed by atoms with E-state index in [-0.39, 0.29) is 33.7 Å². The second kappa shape index (κ2) is 8.45. The van der Waals surface area contributed by atoms with Crippen molar-refractivity contribution in [3.63, 3.8) is 0 Å². The van der Waals surface area contributed by atoms with E-state index in [0.717, 1.165) is 25.7 Å². The molecule has 0 heterocycles. The molecule has 2 aromatic rings. The van der Waals surface area contributed by atoms with Crippen molar-refractivity contribution in [1.29, 1.82) is 0 Å². The number of hydrogen-bond donors (Lipinski definition) is 1. The molecule has 6 nitrogen and oxygen atoms in total. The monoisotopic (exact) mass is 462 g/mol. The summed E-state index contributed by atoms with van der Waals surface area (Å²) in [6.45, 7) is 3.46. The Morgan fingerprint density at radius 1 is 1.16 bits per heavy atom. The third-order valence-electron chi connectivity index (χ3n) is 6.13. The van der Waals surface area contributed by atoms with Gasteiger partial charge in [-0.25, -0.2) is 8.42 Å². The van der Waals surface area contributed by atoms with Gasteiger partial charge in [0.1, 0.15) is 10.6 Å². The summed E-state index contributed by atoms with van der Waals surface area (Å²) in [7, 11) is -2.40. The van der Waals surface area contributed by atoms with Crippen LogP contribution in [0, 0.1) is 6.92 Å². The molecule has 1 N–H and O–H groups in total. The zero-order valence-electron chi connectivity index (χ0n) is 17.9. The minimum absolute atomic E-state index is 0.0197. The van der Waals surface area contributed by atoms with Gasteiger partial charge in [-0.2, -0.15) is 4.31 Å². The molecule has 31 heavy (non-hydrogen) atoms. The number of hydrogen-bond acceptors (Lipinski definition) is 4. The van der Waals surface area contributed by atoms with Gasteiger partial charge in [-0.15, -0.1) is 0 Å². The van der Waals surface area contributed by atoms with Crippen molar-refractivity contribution >= 4 is 33.2 Å². The van der Waals surface area contributed by atoms with Gasteiger partial charge in [0.05, 0.1) is 17.8 Å². The van der Waals surface area contributed by atoms with E-state index in [1.54, 1.807) is 4.31 Å². The lowest BCUT2D eigenvalue weighted by molar-refractivity contribution is -0.114. The van der Waals surface area contributed by atoms with Crippen molar-refractivity contribution < 1.29 is 17.9 Å². The number of nitrogens with one attached hydrogen (secondary N) is 1. The fraction of sp³-hybridized carbons (Fsp3) is 0.435. The van der Waals surface area contributed by atoms with Crippen molar-refractivity contribution in [1.82, 2.24) is 4.31 Å². The van der Waals surface area contributed by atoms with Gasteiger partial charge < -0.3 is 10.1 Å². The van der Waals surface area contributed by atoms with E-state index in [1.165, 1.54) is 37.3 Å². The minimum atomic E-state index is -3.81. The predicted molar refractivity (Wildman–Crippen MR) is 121 cm³/mol. The largest absolute Gasteiger partial charge is 0.495 e. The molecule has 0 bridgehead atoms. The van der Waals surface area contributed by atoms with Crippen LogP contribution in [0.5, 0.6) is 5.75 Å². The van der Waals surface area contributed by atoms with Gasteiger partial charge in [0.2, 0.25) is 15.9 Å². The number of ether oxygens (including phenoxy) is 1. The van der Waals surface area contributed by atoms with E-state index in [9.17, 15) is 13.2 Å². The predicted octanol–water partition coefficient (Wildman–Crippen LogP) is 4.71. The van der Waals surface area contributed by atoms with Crippen LogP contribution in [-0.4, -0.2) is 37.8 Å². The van der Waals surface area contributed by atoms with Crippen molar-refractivity contribution in [2.45, 2.75) is 62.4 Å². The summed E-state index contributed by atoms with van der Waals surface area (Å²) in [5.41, 5.74) is 2.87. The average molecular weight is 463 g/mol. The van der Waals surface area contributed by atoms with E-state index in [0.29, 0.717) is 11.6 Å². The summed E-state index contributed by atoms with van der Waals surface area (Å²) in [6.07, 6.45) is 3.34. The Labute approximate surface area is 188 Å². The third-order valence-corrected chi connectivity index (χ3v) is 8.47. The molecule has 2 aromatic carbocycles. The minimum Gasteiger partial charge on any atom is -0.495 e. The highest BCUT2D eigenvalue weighted by Crippen LogP contribution is 2.48. The maximum atomic E-state index is 13.7. The topological polar surface area (TPSA) is 75.7 Å². The number of carbonyl (C=O) groups is 1. The SMILES string of the molecule is COc1cc(NC(C)=O)c(Cl)cc1S(=O)(=O)N(C1CC1)C1CC(c2ccccc2C)C1. The van der Waals surface area contributed by atoms with Crippen molar-refractivity contribution in [3.05, 3.63) is 52.5 Å². The molecule has 0 atom stereocenters. The van der Waals surface area contributed by atoms with Gasteiger partial charge in [-0.1, -0.05) is 35.9 Å². The lowest BCUT2D eigenvalue weighted by atomic mass is 9.74. The summed E-state index contributed by atoms with van der Waals surface area (Å²) in [5.74, 6) is 0.250. The maximum Gasteiger partial charge on any atom is 0.247 e. The molecular weight excluding hydrogens is 436 g/mol. The summed E-state index contributed by atoms with van der Waals surface area (Å²) in [6, 6.07) is 11.1. The van der Waals surface area contributed by atoms with Crippen LogP contribution in [-0.2, 0) is 14.8 Å². The van der Waals surface area contributed by atoms with Crippen LogP contribution < -0.4 is 10.1 Å². The Morgan fingerprint density at radius 3 is 2.42 bits per heavy atom. The summed E-state index contributed by atoms with van der Waals surface area (Å²) in [4.78, 5) is 11.5. The number of methoxy groups -OCH3 is 1. The molecule has 0 radical (unpaired) electrons. The molecule has 8 heteroatoms. The summed E-state index contributed by atoms with van der Waals surface area (Å²) >= 11 is 6.30. The molecule has 2 aliphatic carbocycles. The maximum absolute atomic E-state index is 13.7. The zero-order chi connectivity index (χ0) is 22.3. The highest BCUT2D eigenvalue weighted by Gasteiger charge is 2.48. The first-order valence-corrected chi connectivity index (χ1v) is 12.3. The Balaban J connectivity index is 1.63. The number of benzene rings is 2. The van der Waals surface area contributed by atoms with Gasteiger partial charge in [0.25, 0.3) is 0 Å². The van der Waals surface area contributed by atoms with E-state index in [1.807, 2.05) is 12.1 Å². The number of nitrogens with zero attached hydrogens (tertiary/aromatic N) is 1. The molecule has 1 amide bonds. The highest BCUT2D eigenvalue weighted by atomic mass is 35.5. The van der Waals surface area contributed by atoms with Crippen molar-refractivity contribution in [2.75, 3.05) is 12.4 Å². The van der Waals surface area contributed by atoms with E-state index in [4.69, 9.17) is 16.3 Å². The fourth-order valence-electron chi connectivity index (χ4n) is 4.41. The molecule has 0 saturated heterocycles. The average Bonchev–Trinajstić information content (AvgIpc) is 3.50. The van der Waals surface area contributed by atoms with Gasteiger partial charge in [0.15, 0.2) is 0 Å². The first-order chi connectivity index (χ1) is 14.7. The van der Waals surface area contributed by atoms with Crippen LogP contribution in [0.2, 0.25) is 5.02 Å². The first kappa shape index (κ1) is 22.1. The zero-order valence-corrected chi connectivity index (χ0v) is 19.5. The molecule has 166 valence electrons. The molecule has 2 saturated carbocycles. The quantitative estimate of drug-likeness (QED) is 0.646. The number of amides is 1. The lowest BCUT2D eigenvalue weighted by Crippen LogP contribution is -2.48. The molecule has 2 aliphatic rings. The Bertz CT molecular complexity index is 1110. The number of aryl methyl sites for hydroxylation is 1. The summed E-state index contributed by atoms with van der Waals surface area (Å²) < 4.78 is 34.5. The number of sulfonamides is 1. The second-order valence-electron chi connectivity index (χ2n) is 8.41. The number of carbonyl (C=O) groups excluding carboxylic acids is 1. The van der Waals surface area contributed by atoms with Crippen LogP contribution in [0.25, 0.3) is 0 Å². The van der Waals surface area contributed by atoms with Crippen LogP contribution >= 0.6 is 11.6 Å². The van der Waals surface area contributed by atoms with E-state index < -0.39 is 10.0 Å². The molecule has 0 aliphatic heterocycles. The Morgan fingerprint density at radius 2 is 1.84 bits per heavy atom. The Kier molecular flexibility index (Phi) is 6.03. The molecular formula is C23H27ClN2O4S. The van der Waals surface area contributed by atoms with Gasteiger partial charge in [-0.05, 0) is 55.7 Å². The van der Waals surface area contributed by atoms with Gasteiger partial charge >= 0.3 is 0 Å². The number of anilines is 1. The van der Waals surface area contributed by atoms with Crippen LogP contribution in [0.1, 0.15) is 49.7 Å². The lowest BCUT2D eigenvalue weighted by Gasteiger charge is -2.43. The van der Waals surface area contributed by atoms with Crippen LogP contribution in [0.4, 0.5) is 5.69 Å². The summed E-state index contributed by atoms with van der Waals surface area (Å²) in [5, 5.41) is 2.77. The van der Waals surface area contributed by atoms with E-state index in [2.05, 4.69) is 24.4 Å². The Hall–Kier alpha value is -2.09. The number of halogens is 1. The standard InChI is InChI=1S/C23H27ClN2O4S/c1-14-6-4-5-7-19(14)16-10-18(11-16)26(17-8-9-17)31(28,29)23-12-20(24)21(25-15(2)27)13-22(23)30-3/h4-7,12-13,16-18H,8-11H2,1-3H3,(H,25,27). The van der Waals surface area contributed by atoms with Crippen LogP contribution in [0.3, 0.4) is 0 Å². The third kappa shape index (κ3) is 4.31. The van der Waals surface area contributed by atoms with Crippen molar-refractivity contribution in [3.8, 4) is 5.75 Å². The molecule has 0 aromatic heterocycles. The smallest absolute Gasteiger partial charge is 0.247 e. The second-order valence-corrected chi connectivity index (χ2v) is 10.6.